The molecule has 0 unspecified atom stereocenters. The SMILES string of the molecule is CN=C(NCCCOCc1ccco1)NCCN(C(=O)OC(C)(C)C)C1CC1. The van der Waals surface area contributed by atoms with Crippen LogP contribution in [-0.4, -0.2) is 61.9 Å². The molecule has 1 heterocycles. The number of guanidine groups is 1. The van der Waals surface area contributed by atoms with Gasteiger partial charge in [-0.3, -0.25) is 4.99 Å². The third-order valence-electron chi connectivity index (χ3n) is 4.07. The molecule has 0 aliphatic heterocycles. The molecule has 1 aromatic heterocycles. The van der Waals surface area contributed by atoms with Crippen molar-refractivity contribution < 1.29 is 18.7 Å². The van der Waals surface area contributed by atoms with Gasteiger partial charge in [0.2, 0.25) is 0 Å². The summed E-state index contributed by atoms with van der Waals surface area (Å²) in [6, 6.07) is 4.05. The zero-order chi connectivity index (χ0) is 20.4. The molecule has 2 N–H and O–H groups in total. The molecule has 1 saturated carbocycles. The quantitative estimate of drug-likeness (QED) is 0.360. The molecule has 158 valence electrons. The third-order valence-corrected chi connectivity index (χ3v) is 4.07. The smallest absolute Gasteiger partial charge is 0.410 e. The van der Waals surface area contributed by atoms with E-state index in [0.717, 1.165) is 31.6 Å². The third kappa shape index (κ3) is 8.65. The second-order valence-electron chi connectivity index (χ2n) is 7.82. The Balaban J connectivity index is 1.59. The monoisotopic (exact) mass is 394 g/mol. The summed E-state index contributed by atoms with van der Waals surface area (Å²) in [5.41, 5.74) is -0.478. The lowest BCUT2D eigenvalue weighted by Gasteiger charge is -2.27. The summed E-state index contributed by atoms with van der Waals surface area (Å²) >= 11 is 0. The Morgan fingerprint density at radius 2 is 2.07 bits per heavy atom. The fraction of sp³-hybridized carbons (Fsp3) is 0.700. The van der Waals surface area contributed by atoms with Gasteiger partial charge >= 0.3 is 6.09 Å². The fourth-order valence-electron chi connectivity index (χ4n) is 2.59. The van der Waals surface area contributed by atoms with Crippen LogP contribution in [0.2, 0.25) is 0 Å². The van der Waals surface area contributed by atoms with Crippen LogP contribution in [0, 0.1) is 0 Å². The number of hydrogen-bond acceptors (Lipinski definition) is 5. The zero-order valence-electron chi connectivity index (χ0n) is 17.5. The van der Waals surface area contributed by atoms with Gasteiger partial charge in [-0.15, -0.1) is 0 Å². The number of hydrogen-bond donors (Lipinski definition) is 2. The van der Waals surface area contributed by atoms with Crippen molar-refractivity contribution in [1.82, 2.24) is 15.5 Å². The predicted molar refractivity (Wildman–Crippen MR) is 108 cm³/mol. The first-order chi connectivity index (χ1) is 13.4. The highest BCUT2D eigenvalue weighted by Gasteiger charge is 2.34. The van der Waals surface area contributed by atoms with Gasteiger partial charge in [0.25, 0.3) is 0 Å². The van der Waals surface area contributed by atoms with Gasteiger partial charge in [-0.25, -0.2) is 4.79 Å². The van der Waals surface area contributed by atoms with Crippen molar-refractivity contribution >= 4 is 12.1 Å². The van der Waals surface area contributed by atoms with Gasteiger partial charge in [-0.1, -0.05) is 0 Å². The van der Waals surface area contributed by atoms with Crippen molar-refractivity contribution in [3.05, 3.63) is 24.2 Å². The molecule has 2 rings (SSSR count). The van der Waals surface area contributed by atoms with E-state index in [1.54, 1.807) is 13.3 Å². The summed E-state index contributed by atoms with van der Waals surface area (Å²) in [5.74, 6) is 1.54. The largest absolute Gasteiger partial charge is 0.467 e. The Morgan fingerprint density at radius 1 is 1.32 bits per heavy atom. The van der Waals surface area contributed by atoms with Crippen molar-refractivity contribution in [2.75, 3.05) is 33.3 Å². The Bertz CT molecular complexity index is 606. The second kappa shape index (κ2) is 10.9. The van der Waals surface area contributed by atoms with Crippen molar-refractivity contribution in [1.29, 1.82) is 0 Å². The van der Waals surface area contributed by atoms with E-state index in [-0.39, 0.29) is 6.09 Å². The maximum Gasteiger partial charge on any atom is 0.410 e. The van der Waals surface area contributed by atoms with Crippen LogP contribution < -0.4 is 10.6 Å². The summed E-state index contributed by atoms with van der Waals surface area (Å²) in [4.78, 5) is 18.4. The summed E-state index contributed by atoms with van der Waals surface area (Å²) in [5, 5.41) is 6.50. The van der Waals surface area contributed by atoms with E-state index in [9.17, 15) is 4.79 Å². The lowest BCUT2D eigenvalue weighted by Crippen LogP contribution is -2.45. The standard InChI is InChI=1S/C20H34N4O4/c1-20(2,3)28-19(25)24(16-8-9-16)12-11-23-18(21-4)22-10-6-13-26-15-17-7-5-14-27-17/h5,7,14,16H,6,8-13,15H2,1-4H3,(H2,21,22,23). The molecule has 1 aliphatic rings. The maximum atomic E-state index is 12.4. The Labute approximate surface area is 167 Å². The topological polar surface area (TPSA) is 88.3 Å². The van der Waals surface area contributed by atoms with Crippen LogP contribution >= 0.6 is 0 Å². The van der Waals surface area contributed by atoms with Crippen LogP contribution in [-0.2, 0) is 16.1 Å². The summed E-state index contributed by atoms with van der Waals surface area (Å²) in [6.07, 6.45) is 4.35. The molecule has 8 nitrogen and oxygen atoms in total. The molecule has 1 aliphatic carbocycles. The molecule has 28 heavy (non-hydrogen) atoms. The number of furan rings is 1. The molecule has 1 amide bonds. The van der Waals surface area contributed by atoms with Gasteiger partial charge in [-0.05, 0) is 52.2 Å². The summed E-state index contributed by atoms with van der Waals surface area (Å²) in [6.45, 7) is 8.74. The molecule has 0 radical (unpaired) electrons. The molecule has 0 saturated heterocycles. The number of amides is 1. The van der Waals surface area contributed by atoms with E-state index >= 15 is 0 Å². The Kier molecular flexibility index (Phi) is 8.63. The highest BCUT2D eigenvalue weighted by atomic mass is 16.6. The van der Waals surface area contributed by atoms with E-state index in [2.05, 4.69) is 15.6 Å². The van der Waals surface area contributed by atoms with Gasteiger partial charge in [0.1, 0.15) is 18.0 Å². The fourth-order valence-corrected chi connectivity index (χ4v) is 2.59. The first kappa shape index (κ1) is 22.1. The average molecular weight is 395 g/mol. The van der Waals surface area contributed by atoms with Crippen LogP contribution in [0.4, 0.5) is 4.79 Å². The van der Waals surface area contributed by atoms with Crippen molar-refractivity contribution in [3.8, 4) is 0 Å². The number of carbonyl (C=O) groups excluding carboxylic acids is 1. The molecule has 8 heteroatoms. The molecule has 0 spiro atoms. The Morgan fingerprint density at radius 3 is 2.68 bits per heavy atom. The number of rotatable bonds is 10. The number of carbonyl (C=O) groups is 1. The number of nitrogens with zero attached hydrogens (tertiary/aromatic N) is 2. The zero-order valence-corrected chi connectivity index (χ0v) is 17.5. The van der Waals surface area contributed by atoms with E-state index in [0.29, 0.717) is 38.3 Å². The molecular weight excluding hydrogens is 360 g/mol. The average Bonchev–Trinajstić information content (AvgIpc) is 3.32. The van der Waals surface area contributed by atoms with E-state index in [1.807, 2.05) is 37.8 Å². The first-order valence-corrected chi connectivity index (χ1v) is 9.93. The van der Waals surface area contributed by atoms with Crippen LogP contribution in [0.3, 0.4) is 0 Å². The molecule has 0 bridgehead atoms. The van der Waals surface area contributed by atoms with Gasteiger partial charge in [0.15, 0.2) is 5.96 Å². The highest BCUT2D eigenvalue weighted by Crippen LogP contribution is 2.27. The van der Waals surface area contributed by atoms with Crippen molar-refractivity contribution in [2.45, 2.75) is 58.3 Å². The normalized spacial score (nSPS) is 14.6. The van der Waals surface area contributed by atoms with Gasteiger partial charge in [0.05, 0.1) is 6.26 Å². The first-order valence-electron chi connectivity index (χ1n) is 9.93. The van der Waals surface area contributed by atoms with E-state index in [4.69, 9.17) is 13.9 Å². The summed E-state index contributed by atoms with van der Waals surface area (Å²) < 4.78 is 16.3. The van der Waals surface area contributed by atoms with Crippen molar-refractivity contribution in [3.63, 3.8) is 0 Å². The molecular formula is C20H34N4O4. The van der Waals surface area contributed by atoms with Crippen LogP contribution in [0.15, 0.2) is 27.8 Å². The lowest BCUT2D eigenvalue weighted by atomic mass is 10.2. The van der Waals surface area contributed by atoms with Gasteiger partial charge < -0.3 is 29.4 Å². The second-order valence-corrected chi connectivity index (χ2v) is 7.82. The number of aliphatic imine (C=N–C) groups is 1. The molecule has 0 atom stereocenters. The highest BCUT2D eigenvalue weighted by molar-refractivity contribution is 5.79. The molecule has 0 aromatic carbocycles. The minimum atomic E-state index is -0.478. The van der Waals surface area contributed by atoms with Crippen LogP contribution in [0.1, 0.15) is 45.8 Å². The molecule has 1 fully saturated rings. The molecule has 1 aromatic rings. The predicted octanol–water partition coefficient (Wildman–Crippen LogP) is 2.75. The number of ether oxygens (including phenoxy) is 2. The minimum Gasteiger partial charge on any atom is -0.467 e. The van der Waals surface area contributed by atoms with Gasteiger partial charge in [0, 0.05) is 39.3 Å². The maximum absolute atomic E-state index is 12.4. The van der Waals surface area contributed by atoms with E-state index in [1.165, 1.54) is 0 Å². The van der Waals surface area contributed by atoms with Crippen molar-refractivity contribution in [2.24, 2.45) is 4.99 Å². The van der Waals surface area contributed by atoms with Crippen LogP contribution in [0.5, 0.6) is 0 Å². The Hall–Kier alpha value is -2.22. The van der Waals surface area contributed by atoms with Gasteiger partial charge in [-0.2, -0.15) is 0 Å². The lowest BCUT2D eigenvalue weighted by molar-refractivity contribution is 0.0238. The summed E-state index contributed by atoms with van der Waals surface area (Å²) in [7, 11) is 1.73. The number of nitrogens with one attached hydrogen (secondary N) is 2. The van der Waals surface area contributed by atoms with E-state index < -0.39 is 5.60 Å². The minimum absolute atomic E-state index is 0.242. The van der Waals surface area contributed by atoms with Crippen LogP contribution in [0.25, 0.3) is 0 Å².